The second-order valence-corrected chi connectivity index (χ2v) is 8.17. The highest BCUT2D eigenvalue weighted by molar-refractivity contribution is 7.12. The minimum absolute atomic E-state index is 0.0190. The first-order valence-electron chi connectivity index (χ1n) is 8.73. The molecule has 1 aliphatic heterocycles. The third-order valence-electron chi connectivity index (χ3n) is 4.58. The number of fused-ring (bicyclic) bond motifs is 1. The number of hydrogen-bond donors (Lipinski definition) is 1. The molecule has 0 saturated heterocycles. The summed E-state index contributed by atoms with van der Waals surface area (Å²) >= 11 is 13.3. The molecule has 3 aromatic rings. The van der Waals surface area contributed by atoms with E-state index in [-0.39, 0.29) is 34.2 Å². The maximum atomic E-state index is 13.0. The van der Waals surface area contributed by atoms with Gasteiger partial charge in [0.15, 0.2) is 0 Å². The monoisotopic (exact) mass is 461 g/mol. The molecule has 6 nitrogen and oxygen atoms in total. The molecule has 152 valence electrons. The average molecular weight is 462 g/mol. The van der Waals surface area contributed by atoms with E-state index in [0.717, 1.165) is 21.8 Å². The first kappa shape index (κ1) is 20.4. The minimum atomic E-state index is -1.22. The van der Waals surface area contributed by atoms with Crippen molar-refractivity contribution in [3.05, 3.63) is 79.5 Å². The Balaban J connectivity index is 1.66. The first-order valence-corrected chi connectivity index (χ1v) is 10.4. The Morgan fingerprint density at radius 3 is 2.63 bits per heavy atom. The average Bonchev–Trinajstić information content (AvgIpc) is 3.13. The number of rotatable bonds is 5. The molecule has 2 amide bonds. The number of aromatic carboxylic acids is 1. The van der Waals surface area contributed by atoms with Crippen molar-refractivity contribution >= 4 is 58.0 Å². The van der Waals surface area contributed by atoms with E-state index in [0.29, 0.717) is 16.3 Å². The lowest BCUT2D eigenvalue weighted by Crippen LogP contribution is -2.42. The molecule has 0 fully saturated rings. The van der Waals surface area contributed by atoms with Gasteiger partial charge < -0.3 is 9.84 Å². The lowest BCUT2D eigenvalue weighted by molar-refractivity contribution is -0.117. The highest BCUT2D eigenvalue weighted by Crippen LogP contribution is 2.36. The predicted octanol–water partition coefficient (Wildman–Crippen LogP) is 5.06. The molecule has 1 aromatic heterocycles. The SMILES string of the molecule is O=C(O)c1scc2c1C(=O)N(c1cc(OCc3ccccc3Cl)ccc1Cl)C(=O)C2. The maximum absolute atomic E-state index is 13.0. The third kappa shape index (κ3) is 3.67. The first-order chi connectivity index (χ1) is 14.4. The van der Waals surface area contributed by atoms with Crippen LogP contribution in [0, 0.1) is 0 Å². The van der Waals surface area contributed by atoms with Crippen molar-refractivity contribution in [1.29, 1.82) is 0 Å². The molecule has 0 bridgehead atoms. The smallest absolute Gasteiger partial charge is 0.346 e. The zero-order valence-corrected chi connectivity index (χ0v) is 17.6. The van der Waals surface area contributed by atoms with Gasteiger partial charge in [-0.1, -0.05) is 41.4 Å². The van der Waals surface area contributed by atoms with Gasteiger partial charge in [-0.25, -0.2) is 9.69 Å². The van der Waals surface area contributed by atoms with Crippen molar-refractivity contribution < 1.29 is 24.2 Å². The molecule has 1 aliphatic rings. The fourth-order valence-electron chi connectivity index (χ4n) is 3.16. The number of nitrogens with zero attached hydrogens (tertiary/aromatic N) is 1. The molecule has 0 spiro atoms. The number of amides is 2. The topological polar surface area (TPSA) is 83.9 Å². The fraction of sp³-hybridized carbons (Fsp3) is 0.0952. The summed E-state index contributed by atoms with van der Waals surface area (Å²) in [6, 6.07) is 11.8. The number of carboxylic acids is 1. The Kier molecular flexibility index (Phi) is 5.51. The Labute approximate surface area is 185 Å². The summed E-state index contributed by atoms with van der Waals surface area (Å²) in [5.74, 6) is -2.05. The van der Waals surface area contributed by atoms with Crippen LogP contribution in [0.4, 0.5) is 5.69 Å². The second kappa shape index (κ2) is 8.10. The highest BCUT2D eigenvalue weighted by Gasteiger charge is 2.37. The molecule has 0 saturated carbocycles. The van der Waals surface area contributed by atoms with E-state index in [9.17, 15) is 19.5 Å². The Morgan fingerprint density at radius 1 is 1.13 bits per heavy atom. The van der Waals surface area contributed by atoms with Gasteiger partial charge in [-0.2, -0.15) is 0 Å². The van der Waals surface area contributed by atoms with E-state index < -0.39 is 17.8 Å². The van der Waals surface area contributed by atoms with Crippen LogP contribution in [0.25, 0.3) is 0 Å². The summed E-state index contributed by atoms with van der Waals surface area (Å²) in [6.07, 6.45) is -0.0914. The van der Waals surface area contributed by atoms with Crippen LogP contribution in [0.2, 0.25) is 10.0 Å². The molecule has 0 unspecified atom stereocenters. The van der Waals surface area contributed by atoms with E-state index in [4.69, 9.17) is 27.9 Å². The van der Waals surface area contributed by atoms with Crippen LogP contribution >= 0.6 is 34.5 Å². The maximum Gasteiger partial charge on any atom is 0.346 e. The van der Waals surface area contributed by atoms with Crippen LogP contribution in [-0.4, -0.2) is 22.9 Å². The van der Waals surface area contributed by atoms with Gasteiger partial charge in [-0.3, -0.25) is 9.59 Å². The zero-order valence-electron chi connectivity index (χ0n) is 15.2. The van der Waals surface area contributed by atoms with Gasteiger partial charge in [0.25, 0.3) is 5.91 Å². The van der Waals surface area contributed by atoms with Gasteiger partial charge in [0, 0.05) is 16.7 Å². The number of halogens is 2. The van der Waals surface area contributed by atoms with Crippen LogP contribution in [0.15, 0.2) is 47.8 Å². The van der Waals surface area contributed by atoms with Crippen LogP contribution in [0.5, 0.6) is 5.75 Å². The van der Waals surface area contributed by atoms with Crippen molar-refractivity contribution in [2.75, 3.05) is 4.90 Å². The van der Waals surface area contributed by atoms with E-state index in [1.807, 2.05) is 18.2 Å². The van der Waals surface area contributed by atoms with Crippen LogP contribution < -0.4 is 9.64 Å². The summed E-state index contributed by atoms with van der Waals surface area (Å²) in [6.45, 7) is 0.181. The van der Waals surface area contributed by atoms with Crippen molar-refractivity contribution in [3.63, 3.8) is 0 Å². The molecular formula is C21H13Cl2NO5S. The largest absolute Gasteiger partial charge is 0.489 e. The van der Waals surface area contributed by atoms with E-state index in [1.165, 1.54) is 17.5 Å². The summed E-state index contributed by atoms with van der Waals surface area (Å²) in [4.78, 5) is 38.0. The molecule has 0 radical (unpaired) electrons. The predicted molar refractivity (Wildman–Crippen MR) is 114 cm³/mol. The number of hydrogen-bond acceptors (Lipinski definition) is 5. The normalized spacial score (nSPS) is 13.3. The number of ether oxygens (including phenoxy) is 1. The second-order valence-electron chi connectivity index (χ2n) is 6.47. The zero-order chi connectivity index (χ0) is 21.4. The van der Waals surface area contributed by atoms with E-state index in [2.05, 4.69) is 0 Å². The lowest BCUT2D eigenvalue weighted by Gasteiger charge is -2.26. The van der Waals surface area contributed by atoms with Gasteiger partial charge >= 0.3 is 5.97 Å². The standard InChI is InChI=1S/C21H13Cl2NO5S/c22-14-4-2-1-3-11(14)9-29-13-5-6-15(23)16(8-13)24-17(25)7-12-10-30-19(21(27)28)18(12)20(24)26/h1-6,8,10H,7,9H2,(H,27,28). The summed E-state index contributed by atoms with van der Waals surface area (Å²) in [7, 11) is 0. The van der Waals surface area contributed by atoms with Crippen molar-refractivity contribution in [2.24, 2.45) is 0 Å². The van der Waals surface area contributed by atoms with Gasteiger partial charge in [-0.05, 0) is 29.1 Å². The Morgan fingerprint density at radius 2 is 1.90 bits per heavy atom. The van der Waals surface area contributed by atoms with Crippen LogP contribution in [-0.2, 0) is 17.8 Å². The van der Waals surface area contributed by atoms with Crippen LogP contribution in [0.1, 0.15) is 31.2 Å². The lowest BCUT2D eigenvalue weighted by atomic mass is 10.0. The molecule has 4 rings (SSSR count). The third-order valence-corrected chi connectivity index (χ3v) is 6.29. The molecule has 2 heterocycles. The number of benzene rings is 2. The van der Waals surface area contributed by atoms with Crippen molar-refractivity contribution in [1.82, 2.24) is 0 Å². The van der Waals surface area contributed by atoms with Crippen molar-refractivity contribution in [2.45, 2.75) is 13.0 Å². The highest BCUT2D eigenvalue weighted by atomic mass is 35.5. The minimum Gasteiger partial charge on any atom is -0.489 e. The number of carboxylic acid groups (broad SMARTS) is 1. The Hall–Kier alpha value is -2.87. The summed E-state index contributed by atoms with van der Waals surface area (Å²) < 4.78 is 5.76. The molecule has 9 heteroatoms. The molecule has 30 heavy (non-hydrogen) atoms. The molecule has 0 atom stereocenters. The molecule has 2 aromatic carbocycles. The van der Waals surface area contributed by atoms with Crippen LogP contribution in [0.3, 0.4) is 0 Å². The number of carbonyl (C=O) groups excluding carboxylic acids is 2. The number of carbonyl (C=O) groups is 3. The fourth-order valence-corrected chi connectivity index (χ4v) is 4.45. The van der Waals surface area contributed by atoms with E-state index in [1.54, 1.807) is 12.1 Å². The molecular weight excluding hydrogens is 449 g/mol. The van der Waals surface area contributed by atoms with Gasteiger partial charge in [0.05, 0.1) is 22.7 Å². The van der Waals surface area contributed by atoms with Gasteiger partial charge in [0.1, 0.15) is 17.2 Å². The van der Waals surface area contributed by atoms with Gasteiger partial charge in [0.2, 0.25) is 5.91 Å². The molecule has 0 aliphatic carbocycles. The molecule has 1 N–H and O–H groups in total. The number of thiophene rings is 1. The van der Waals surface area contributed by atoms with Gasteiger partial charge in [-0.15, -0.1) is 11.3 Å². The van der Waals surface area contributed by atoms with E-state index >= 15 is 0 Å². The number of imide groups is 1. The summed E-state index contributed by atoms with van der Waals surface area (Å²) in [5.41, 5.74) is 1.34. The summed E-state index contributed by atoms with van der Waals surface area (Å²) in [5, 5.41) is 11.6. The van der Waals surface area contributed by atoms with Crippen molar-refractivity contribution in [3.8, 4) is 5.75 Å². The Bertz CT molecular complexity index is 1190. The number of anilines is 1. The quantitative estimate of drug-likeness (QED) is 0.536.